The maximum absolute atomic E-state index is 12.8. The minimum Gasteiger partial charge on any atom is -0.495 e. The van der Waals surface area contributed by atoms with E-state index < -0.39 is 0 Å². The number of ether oxygens (including phenoxy) is 1. The number of carbonyl (C=O) groups excluding carboxylic acids is 1. The molecule has 1 unspecified atom stereocenters. The molecule has 0 aromatic heterocycles. The van der Waals surface area contributed by atoms with Crippen molar-refractivity contribution in [1.82, 2.24) is 4.90 Å². The lowest BCUT2D eigenvalue weighted by atomic mass is 10.1. The van der Waals surface area contributed by atoms with Gasteiger partial charge in [0, 0.05) is 50.9 Å². The Kier molecular flexibility index (Phi) is 5.42. The first kappa shape index (κ1) is 18.7. The van der Waals surface area contributed by atoms with Crippen molar-refractivity contribution in [2.45, 2.75) is 25.8 Å². The van der Waals surface area contributed by atoms with Crippen molar-refractivity contribution in [3.8, 4) is 5.75 Å². The van der Waals surface area contributed by atoms with Gasteiger partial charge in [-0.2, -0.15) is 0 Å². The summed E-state index contributed by atoms with van der Waals surface area (Å²) in [7, 11) is 1.70. The number of para-hydroxylation sites is 3. The molecule has 1 saturated heterocycles. The summed E-state index contributed by atoms with van der Waals surface area (Å²) in [5.74, 6) is 1.15. The largest absolute Gasteiger partial charge is 0.495 e. The highest BCUT2D eigenvalue weighted by molar-refractivity contribution is 5.77. The summed E-state index contributed by atoms with van der Waals surface area (Å²) in [4.78, 5) is 19.5. The van der Waals surface area contributed by atoms with E-state index in [1.165, 1.54) is 11.3 Å². The molecule has 28 heavy (non-hydrogen) atoms. The molecule has 5 nitrogen and oxygen atoms in total. The molecule has 2 aliphatic heterocycles. The molecule has 148 valence electrons. The van der Waals surface area contributed by atoms with Crippen molar-refractivity contribution in [2.75, 3.05) is 49.6 Å². The quantitative estimate of drug-likeness (QED) is 0.799. The van der Waals surface area contributed by atoms with Gasteiger partial charge in [0.1, 0.15) is 5.75 Å². The highest BCUT2D eigenvalue weighted by Crippen LogP contribution is 2.32. The second-order valence-electron chi connectivity index (χ2n) is 7.66. The summed E-state index contributed by atoms with van der Waals surface area (Å²) in [6.07, 6.45) is 1.65. The highest BCUT2D eigenvalue weighted by Gasteiger charge is 2.27. The first-order valence-electron chi connectivity index (χ1n) is 10.2. The Morgan fingerprint density at radius 2 is 1.68 bits per heavy atom. The van der Waals surface area contributed by atoms with E-state index in [4.69, 9.17) is 4.74 Å². The molecule has 0 bridgehead atoms. The lowest BCUT2D eigenvalue weighted by Crippen LogP contribution is -2.49. The second-order valence-corrected chi connectivity index (χ2v) is 7.66. The average molecular weight is 380 g/mol. The van der Waals surface area contributed by atoms with Crippen LogP contribution < -0.4 is 14.5 Å². The molecule has 2 aliphatic rings. The van der Waals surface area contributed by atoms with Crippen LogP contribution in [0, 0.1) is 0 Å². The Morgan fingerprint density at radius 1 is 1.00 bits per heavy atom. The van der Waals surface area contributed by atoms with Crippen molar-refractivity contribution in [3.05, 3.63) is 54.1 Å². The first-order chi connectivity index (χ1) is 13.7. The average Bonchev–Trinajstić information content (AvgIpc) is 3.07. The summed E-state index contributed by atoms with van der Waals surface area (Å²) in [6.45, 7) is 6.26. The number of piperazine rings is 1. The summed E-state index contributed by atoms with van der Waals surface area (Å²) >= 11 is 0. The molecule has 0 radical (unpaired) electrons. The van der Waals surface area contributed by atoms with Crippen LogP contribution in [0.3, 0.4) is 0 Å². The van der Waals surface area contributed by atoms with E-state index in [0.29, 0.717) is 12.5 Å². The number of hydrogen-bond acceptors (Lipinski definition) is 4. The third-order valence-corrected chi connectivity index (χ3v) is 5.97. The summed E-state index contributed by atoms with van der Waals surface area (Å²) < 4.78 is 5.48. The molecule has 2 aromatic rings. The number of carbonyl (C=O) groups is 1. The Labute approximate surface area is 167 Å². The fraction of sp³-hybridized carbons (Fsp3) is 0.435. The molecule has 4 rings (SSSR count). The Morgan fingerprint density at radius 3 is 2.43 bits per heavy atom. The zero-order chi connectivity index (χ0) is 19.5. The Balaban J connectivity index is 1.31. The van der Waals surface area contributed by atoms with Gasteiger partial charge >= 0.3 is 0 Å². The molecule has 0 N–H and O–H groups in total. The maximum atomic E-state index is 12.8. The van der Waals surface area contributed by atoms with Crippen molar-refractivity contribution < 1.29 is 9.53 Å². The van der Waals surface area contributed by atoms with Crippen LogP contribution in [0.15, 0.2) is 48.5 Å². The summed E-state index contributed by atoms with van der Waals surface area (Å²) in [6, 6.07) is 17.1. The normalized spacial score (nSPS) is 18.9. The monoisotopic (exact) mass is 379 g/mol. The predicted octanol–water partition coefficient (Wildman–Crippen LogP) is 3.19. The second kappa shape index (κ2) is 8.13. The smallest absolute Gasteiger partial charge is 0.224 e. The zero-order valence-corrected chi connectivity index (χ0v) is 16.8. The number of hydrogen-bond donors (Lipinski definition) is 0. The van der Waals surface area contributed by atoms with Gasteiger partial charge in [0.05, 0.1) is 12.8 Å². The predicted molar refractivity (Wildman–Crippen MR) is 113 cm³/mol. The minimum absolute atomic E-state index is 0.260. The van der Waals surface area contributed by atoms with Crippen molar-refractivity contribution in [3.63, 3.8) is 0 Å². The fourth-order valence-electron chi connectivity index (χ4n) is 4.43. The van der Waals surface area contributed by atoms with Crippen LogP contribution in [0.1, 0.15) is 18.9 Å². The lowest BCUT2D eigenvalue weighted by molar-refractivity contribution is -0.131. The van der Waals surface area contributed by atoms with Crippen LogP contribution in [0.2, 0.25) is 0 Å². The van der Waals surface area contributed by atoms with Crippen LogP contribution in [0.4, 0.5) is 11.4 Å². The van der Waals surface area contributed by atoms with E-state index in [1.807, 2.05) is 23.1 Å². The van der Waals surface area contributed by atoms with Crippen molar-refractivity contribution in [2.24, 2.45) is 0 Å². The van der Waals surface area contributed by atoms with Crippen LogP contribution >= 0.6 is 0 Å². The third kappa shape index (κ3) is 3.66. The van der Waals surface area contributed by atoms with E-state index in [1.54, 1.807) is 7.11 Å². The molecule has 1 amide bonds. The molecule has 2 aromatic carbocycles. The Bertz CT molecular complexity index is 830. The summed E-state index contributed by atoms with van der Waals surface area (Å²) in [5, 5.41) is 0. The highest BCUT2D eigenvalue weighted by atomic mass is 16.5. The van der Waals surface area contributed by atoms with E-state index in [9.17, 15) is 4.79 Å². The molecule has 5 heteroatoms. The molecule has 0 aliphatic carbocycles. The van der Waals surface area contributed by atoms with Crippen LogP contribution in [0.5, 0.6) is 5.75 Å². The third-order valence-electron chi connectivity index (χ3n) is 5.97. The molecular formula is C23H29N3O2. The van der Waals surface area contributed by atoms with E-state index in [2.05, 4.69) is 47.1 Å². The van der Waals surface area contributed by atoms with Gasteiger partial charge in [-0.3, -0.25) is 4.79 Å². The summed E-state index contributed by atoms with van der Waals surface area (Å²) in [5.41, 5.74) is 3.80. The Hall–Kier alpha value is -2.69. The SMILES string of the molecule is COc1ccccc1N1CCN(C(=O)CCN2c3ccccc3CC2C)CC1. The van der Waals surface area contributed by atoms with Crippen molar-refractivity contribution in [1.29, 1.82) is 0 Å². The topological polar surface area (TPSA) is 36.0 Å². The van der Waals surface area contributed by atoms with Crippen LogP contribution in [-0.2, 0) is 11.2 Å². The molecule has 0 spiro atoms. The van der Waals surface area contributed by atoms with Gasteiger partial charge in [-0.1, -0.05) is 30.3 Å². The number of benzene rings is 2. The number of nitrogens with zero attached hydrogens (tertiary/aromatic N) is 3. The van der Waals surface area contributed by atoms with E-state index in [0.717, 1.165) is 50.6 Å². The van der Waals surface area contributed by atoms with Crippen LogP contribution in [-0.4, -0.2) is 56.7 Å². The number of anilines is 2. The first-order valence-corrected chi connectivity index (χ1v) is 10.2. The van der Waals surface area contributed by atoms with Gasteiger partial charge in [0.15, 0.2) is 0 Å². The molecular weight excluding hydrogens is 350 g/mol. The van der Waals surface area contributed by atoms with Gasteiger partial charge in [-0.15, -0.1) is 0 Å². The number of methoxy groups -OCH3 is 1. The zero-order valence-electron chi connectivity index (χ0n) is 16.8. The van der Waals surface area contributed by atoms with Gasteiger partial charge < -0.3 is 19.4 Å². The minimum atomic E-state index is 0.260. The van der Waals surface area contributed by atoms with Crippen LogP contribution in [0.25, 0.3) is 0 Å². The number of rotatable bonds is 5. The van der Waals surface area contributed by atoms with E-state index in [-0.39, 0.29) is 5.91 Å². The van der Waals surface area contributed by atoms with Gasteiger partial charge in [-0.05, 0) is 37.1 Å². The van der Waals surface area contributed by atoms with Gasteiger partial charge in [-0.25, -0.2) is 0 Å². The molecule has 1 atom stereocenters. The number of fused-ring (bicyclic) bond motifs is 1. The number of amides is 1. The van der Waals surface area contributed by atoms with Crippen molar-refractivity contribution >= 4 is 17.3 Å². The van der Waals surface area contributed by atoms with E-state index >= 15 is 0 Å². The maximum Gasteiger partial charge on any atom is 0.224 e. The fourth-order valence-corrected chi connectivity index (χ4v) is 4.43. The lowest BCUT2D eigenvalue weighted by Gasteiger charge is -2.37. The standard InChI is InChI=1S/C23H29N3O2/c1-18-17-19-7-3-4-8-20(19)26(18)12-11-23(27)25-15-13-24(14-16-25)21-9-5-6-10-22(21)28-2/h3-10,18H,11-17H2,1-2H3. The van der Waals surface area contributed by atoms with Gasteiger partial charge in [0.2, 0.25) is 5.91 Å². The van der Waals surface area contributed by atoms with Gasteiger partial charge in [0.25, 0.3) is 0 Å². The molecule has 2 heterocycles. The molecule has 0 saturated carbocycles. The molecule has 1 fully saturated rings.